The number of carbonyl (C=O) groups is 2. The molecule has 30 heavy (non-hydrogen) atoms. The van der Waals surface area contributed by atoms with E-state index in [4.69, 9.17) is 5.73 Å². The largest absolute Gasteiger partial charge is 0.355 e. The Bertz CT molecular complexity index is 890. The van der Waals surface area contributed by atoms with Crippen molar-refractivity contribution in [2.45, 2.75) is 65.0 Å². The number of halogens is 1. The van der Waals surface area contributed by atoms with Crippen molar-refractivity contribution in [2.24, 2.45) is 5.73 Å². The molecule has 1 heterocycles. The molecule has 1 aromatic carbocycles. The lowest BCUT2D eigenvalue weighted by molar-refractivity contribution is -0.124. The van der Waals surface area contributed by atoms with Crippen LogP contribution in [0.15, 0.2) is 30.3 Å². The molecule has 0 spiro atoms. The fraction of sp³-hybridized carbons (Fsp3) is 0.524. The van der Waals surface area contributed by atoms with Crippen LogP contribution >= 0.6 is 12.4 Å². The van der Waals surface area contributed by atoms with E-state index in [2.05, 4.69) is 12.2 Å². The first kappa shape index (κ1) is 26.1. The minimum absolute atomic E-state index is 0. The van der Waals surface area contributed by atoms with Crippen LogP contribution in [-0.2, 0) is 26.0 Å². The molecule has 3 N–H and O–H groups in total. The van der Waals surface area contributed by atoms with Crippen molar-refractivity contribution in [1.29, 1.82) is 0 Å². The van der Waals surface area contributed by atoms with Crippen LogP contribution in [-0.4, -0.2) is 42.7 Å². The van der Waals surface area contributed by atoms with E-state index in [1.807, 2.05) is 0 Å². The van der Waals surface area contributed by atoms with Crippen molar-refractivity contribution >= 4 is 39.1 Å². The Kier molecular flexibility index (Phi) is 9.07. The van der Waals surface area contributed by atoms with Gasteiger partial charge in [0.1, 0.15) is 4.91 Å². The number of nitrogens with two attached hydrogens (primary N) is 1. The fourth-order valence-corrected chi connectivity index (χ4v) is 5.15. The third-order valence-electron chi connectivity index (χ3n) is 4.69. The molecular formula is C21H32ClN3O4S. The highest BCUT2D eigenvalue weighted by Gasteiger charge is 2.44. The zero-order valence-corrected chi connectivity index (χ0v) is 19.6. The zero-order chi connectivity index (χ0) is 21.8. The van der Waals surface area contributed by atoms with Gasteiger partial charge in [-0.15, -0.1) is 12.4 Å². The molecule has 1 aliphatic heterocycles. The number of amides is 2. The Balaban J connectivity index is 0.00000450. The number of nitrogens with zero attached hydrogens (tertiary/aromatic N) is 1. The molecule has 0 aromatic heterocycles. The normalized spacial score (nSPS) is 16.6. The van der Waals surface area contributed by atoms with E-state index in [0.29, 0.717) is 18.5 Å². The van der Waals surface area contributed by atoms with Gasteiger partial charge in [-0.3, -0.25) is 9.59 Å². The molecule has 1 atom stereocenters. The van der Waals surface area contributed by atoms with Gasteiger partial charge in [0.2, 0.25) is 5.91 Å². The minimum Gasteiger partial charge on any atom is -0.355 e. The van der Waals surface area contributed by atoms with Gasteiger partial charge in [-0.2, -0.15) is 0 Å². The van der Waals surface area contributed by atoms with Gasteiger partial charge in [0.05, 0.1) is 11.6 Å². The van der Waals surface area contributed by atoms with E-state index in [0.717, 1.165) is 35.2 Å². The summed E-state index contributed by atoms with van der Waals surface area (Å²) in [5, 5.41) is 2.83. The van der Waals surface area contributed by atoms with Crippen LogP contribution in [0.2, 0.25) is 0 Å². The van der Waals surface area contributed by atoms with E-state index in [-0.39, 0.29) is 23.2 Å². The molecule has 7 nitrogen and oxygen atoms in total. The maximum Gasteiger partial charge on any atom is 0.268 e. The Morgan fingerprint density at radius 2 is 1.77 bits per heavy atom. The quantitative estimate of drug-likeness (QED) is 0.583. The topological polar surface area (TPSA) is 110 Å². The fourth-order valence-electron chi connectivity index (χ4n) is 3.25. The summed E-state index contributed by atoms with van der Waals surface area (Å²) in [6.07, 6.45) is 4.58. The van der Waals surface area contributed by atoms with Crippen LogP contribution in [0.5, 0.6) is 0 Å². The molecule has 0 fully saturated rings. The summed E-state index contributed by atoms with van der Waals surface area (Å²) in [6, 6.07) is 6.09. The molecule has 0 unspecified atom stereocenters. The second-order valence-electron chi connectivity index (χ2n) is 8.29. The van der Waals surface area contributed by atoms with Crippen molar-refractivity contribution < 1.29 is 18.0 Å². The predicted octanol–water partition coefficient (Wildman–Crippen LogP) is 2.60. The highest BCUT2D eigenvalue weighted by atomic mass is 35.5. The number of rotatable bonds is 8. The lowest BCUT2D eigenvalue weighted by atomic mass is 10.0. The number of unbranched alkanes of at least 4 members (excludes halogenated alkanes) is 2. The summed E-state index contributed by atoms with van der Waals surface area (Å²) in [5.41, 5.74) is 6.39. The van der Waals surface area contributed by atoms with Crippen molar-refractivity contribution in [3.05, 3.63) is 41.5 Å². The summed E-state index contributed by atoms with van der Waals surface area (Å²) >= 11 is 0. The standard InChI is InChI=1S/C21H31N3O4S.ClH/c1-5-6-7-12-23-20(26)17(22)13-15-8-10-16(11-9-15)18-14-19(25)24(21(2,3)4)29(18,27)28;/h8-11,14,17H,5-7,12-13,22H2,1-4H3,(H,23,26);1H/t17-;/m0./s1. The van der Waals surface area contributed by atoms with Crippen molar-refractivity contribution in [3.8, 4) is 0 Å². The average Bonchev–Trinajstić information content (AvgIpc) is 2.87. The molecule has 1 aromatic rings. The molecular weight excluding hydrogens is 426 g/mol. The van der Waals surface area contributed by atoms with Crippen LogP contribution < -0.4 is 11.1 Å². The van der Waals surface area contributed by atoms with Crippen LogP contribution in [0.1, 0.15) is 58.1 Å². The monoisotopic (exact) mass is 457 g/mol. The van der Waals surface area contributed by atoms with Crippen LogP contribution in [0.4, 0.5) is 0 Å². The Morgan fingerprint density at radius 1 is 1.17 bits per heavy atom. The summed E-state index contributed by atoms with van der Waals surface area (Å²) in [6.45, 7) is 7.75. The maximum atomic E-state index is 12.8. The van der Waals surface area contributed by atoms with Gasteiger partial charge in [-0.25, -0.2) is 12.7 Å². The molecule has 0 saturated heterocycles. The first-order chi connectivity index (χ1) is 13.5. The molecule has 168 valence electrons. The van der Waals surface area contributed by atoms with Crippen LogP contribution in [0, 0.1) is 0 Å². The van der Waals surface area contributed by atoms with E-state index in [1.165, 1.54) is 0 Å². The number of sulfonamides is 1. The molecule has 1 aliphatic rings. The van der Waals surface area contributed by atoms with E-state index in [1.54, 1.807) is 45.0 Å². The molecule has 2 rings (SSSR count). The smallest absolute Gasteiger partial charge is 0.268 e. The molecule has 0 radical (unpaired) electrons. The molecule has 0 bridgehead atoms. The lowest BCUT2D eigenvalue weighted by Gasteiger charge is -2.30. The highest BCUT2D eigenvalue weighted by Crippen LogP contribution is 2.35. The van der Waals surface area contributed by atoms with Gasteiger partial charge in [0, 0.05) is 12.6 Å². The Labute approximate surface area is 185 Å². The average molecular weight is 458 g/mol. The van der Waals surface area contributed by atoms with Gasteiger partial charge < -0.3 is 11.1 Å². The zero-order valence-electron chi connectivity index (χ0n) is 18.0. The number of hydrogen-bond acceptors (Lipinski definition) is 5. The summed E-state index contributed by atoms with van der Waals surface area (Å²) < 4.78 is 26.5. The van der Waals surface area contributed by atoms with Crippen molar-refractivity contribution in [1.82, 2.24) is 9.62 Å². The van der Waals surface area contributed by atoms with Gasteiger partial charge in [0.15, 0.2) is 0 Å². The van der Waals surface area contributed by atoms with Gasteiger partial charge in [-0.1, -0.05) is 44.0 Å². The van der Waals surface area contributed by atoms with E-state index in [9.17, 15) is 18.0 Å². The molecule has 0 aliphatic carbocycles. The number of carbonyl (C=O) groups excluding carboxylic acids is 2. The molecule has 2 amide bonds. The van der Waals surface area contributed by atoms with E-state index < -0.39 is 27.5 Å². The minimum atomic E-state index is -3.90. The number of nitrogens with one attached hydrogen (secondary N) is 1. The highest BCUT2D eigenvalue weighted by molar-refractivity contribution is 7.99. The van der Waals surface area contributed by atoms with Gasteiger partial charge in [-0.05, 0) is 44.7 Å². The van der Waals surface area contributed by atoms with Crippen molar-refractivity contribution in [3.63, 3.8) is 0 Å². The second-order valence-corrected chi connectivity index (χ2v) is 10.0. The Morgan fingerprint density at radius 3 is 2.27 bits per heavy atom. The maximum absolute atomic E-state index is 12.8. The Hall–Kier alpha value is -1.90. The number of hydrogen-bond donors (Lipinski definition) is 2. The summed E-state index contributed by atoms with van der Waals surface area (Å²) in [5.74, 6) is -0.740. The predicted molar refractivity (Wildman–Crippen MR) is 121 cm³/mol. The summed E-state index contributed by atoms with van der Waals surface area (Å²) in [4.78, 5) is 24.3. The van der Waals surface area contributed by atoms with Crippen molar-refractivity contribution in [2.75, 3.05) is 6.54 Å². The SMILES string of the molecule is CCCCCNC(=O)[C@@H](N)Cc1ccc(C2=CC(=O)N(C(C)(C)C)S2(=O)=O)cc1.Cl. The van der Waals surface area contributed by atoms with Crippen LogP contribution in [0.3, 0.4) is 0 Å². The third-order valence-corrected chi connectivity index (χ3v) is 6.81. The summed E-state index contributed by atoms with van der Waals surface area (Å²) in [7, 11) is -3.90. The molecule has 0 saturated carbocycles. The second kappa shape index (κ2) is 10.4. The first-order valence-corrected chi connectivity index (χ1v) is 11.4. The van der Waals surface area contributed by atoms with Gasteiger partial charge >= 0.3 is 0 Å². The van der Waals surface area contributed by atoms with Crippen LogP contribution in [0.25, 0.3) is 4.91 Å². The van der Waals surface area contributed by atoms with Gasteiger partial charge in [0.25, 0.3) is 15.9 Å². The number of benzene rings is 1. The third kappa shape index (κ3) is 6.06. The lowest BCUT2D eigenvalue weighted by Crippen LogP contribution is -2.45. The first-order valence-electron chi connectivity index (χ1n) is 9.92. The van der Waals surface area contributed by atoms with E-state index >= 15 is 0 Å². The molecule has 9 heteroatoms.